The molecule has 0 unspecified atom stereocenters. The third kappa shape index (κ3) is 2.45. The lowest BCUT2D eigenvalue weighted by atomic mass is 10.2. The number of aromatic nitrogens is 1. The molecule has 2 rings (SSSR count). The second kappa shape index (κ2) is 4.98. The Labute approximate surface area is 104 Å². The molecule has 0 aliphatic heterocycles. The first-order valence-corrected chi connectivity index (χ1v) is 6.04. The molecule has 0 aliphatic rings. The zero-order chi connectivity index (χ0) is 12.3. The van der Waals surface area contributed by atoms with Gasteiger partial charge in [0.05, 0.1) is 25.3 Å². The zero-order valence-electron chi connectivity index (χ0n) is 9.73. The molecule has 17 heavy (non-hydrogen) atoms. The Morgan fingerprint density at radius 2 is 2.06 bits per heavy atom. The molecule has 1 heterocycles. The van der Waals surface area contributed by atoms with Gasteiger partial charge in [-0.3, -0.25) is 0 Å². The Morgan fingerprint density at radius 3 is 2.65 bits per heavy atom. The number of rotatable bonds is 3. The van der Waals surface area contributed by atoms with Crippen molar-refractivity contribution in [2.45, 2.75) is 13.3 Å². The molecule has 2 aromatic rings. The van der Waals surface area contributed by atoms with Gasteiger partial charge in [-0.1, -0.05) is 0 Å². The van der Waals surface area contributed by atoms with E-state index in [1.54, 1.807) is 18.4 Å². The molecule has 0 atom stereocenters. The van der Waals surface area contributed by atoms with Crippen LogP contribution in [0.15, 0.2) is 24.3 Å². The van der Waals surface area contributed by atoms with E-state index < -0.39 is 0 Å². The van der Waals surface area contributed by atoms with Crippen molar-refractivity contribution in [2.24, 2.45) is 0 Å². The van der Waals surface area contributed by atoms with E-state index in [1.165, 1.54) is 0 Å². The summed E-state index contributed by atoms with van der Waals surface area (Å²) < 4.78 is 5.11. The number of hydrogen-bond donors (Lipinski definition) is 0. The Bertz CT molecular complexity index is 552. The Morgan fingerprint density at radius 1 is 1.35 bits per heavy atom. The molecule has 1 aromatic heterocycles. The van der Waals surface area contributed by atoms with Crippen molar-refractivity contribution in [3.05, 3.63) is 34.8 Å². The van der Waals surface area contributed by atoms with Crippen LogP contribution < -0.4 is 4.74 Å². The number of nitriles is 1. The van der Waals surface area contributed by atoms with Crippen molar-refractivity contribution in [3.63, 3.8) is 0 Å². The van der Waals surface area contributed by atoms with Crippen molar-refractivity contribution in [2.75, 3.05) is 7.11 Å². The summed E-state index contributed by atoms with van der Waals surface area (Å²) in [4.78, 5) is 5.59. The quantitative estimate of drug-likeness (QED) is 0.833. The molecule has 0 fully saturated rings. The number of thiazole rings is 1. The van der Waals surface area contributed by atoms with Crippen LogP contribution in [0.5, 0.6) is 5.75 Å². The lowest BCUT2D eigenvalue weighted by molar-refractivity contribution is 0.415. The monoisotopic (exact) mass is 244 g/mol. The number of hydrogen-bond acceptors (Lipinski definition) is 4. The highest BCUT2D eigenvalue weighted by molar-refractivity contribution is 7.15. The number of ether oxygens (including phenoxy) is 1. The summed E-state index contributed by atoms with van der Waals surface area (Å²) >= 11 is 1.62. The normalized spacial score (nSPS) is 9.94. The maximum Gasteiger partial charge on any atom is 0.123 e. The number of methoxy groups -OCH3 is 1. The molecule has 3 nitrogen and oxygen atoms in total. The summed E-state index contributed by atoms with van der Waals surface area (Å²) in [6, 6.07) is 9.92. The van der Waals surface area contributed by atoms with Crippen molar-refractivity contribution >= 4 is 11.3 Å². The molecule has 0 bridgehead atoms. The van der Waals surface area contributed by atoms with Gasteiger partial charge in [0.15, 0.2) is 0 Å². The fourth-order valence-electron chi connectivity index (χ4n) is 1.52. The summed E-state index contributed by atoms with van der Waals surface area (Å²) in [5.41, 5.74) is 1.94. The van der Waals surface area contributed by atoms with Gasteiger partial charge in [0.25, 0.3) is 0 Å². The van der Waals surface area contributed by atoms with Gasteiger partial charge in [-0.05, 0) is 31.2 Å². The van der Waals surface area contributed by atoms with Gasteiger partial charge in [0.1, 0.15) is 10.8 Å². The van der Waals surface area contributed by atoms with Crippen LogP contribution in [0.1, 0.15) is 10.6 Å². The molecule has 0 radical (unpaired) electrons. The molecule has 86 valence electrons. The molecule has 0 saturated carbocycles. The summed E-state index contributed by atoms with van der Waals surface area (Å²) in [6.45, 7) is 2.00. The van der Waals surface area contributed by atoms with E-state index in [9.17, 15) is 0 Å². The van der Waals surface area contributed by atoms with Crippen LogP contribution in [0.2, 0.25) is 0 Å². The van der Waals surface area contributed by atoms with E-state index in [0.29, 0.717) is 6.42 Å². The first-order chi connectivity index (χ1) is 8.24. The van der Waals surface area contributed by atoms with Crippen LogP contribution >= 0.6 is 11.3 Å². The molecule has 0 saturated heterocycles. The van der Waals surface area contributed by atoms with E-state index >= 15 is 0 Å². The van der Waals surface area contributed by atoms with E-state index in [2.05, 4.69) is 11.1 Å². The SMILES string of the molecule is COc1ccc(-c2nc(CC#N)c(C)s2)cc1. The third-order valence-electron chi connectivity index (χ3n) is 2.48. The van der Waals surface area contributed by atoms with E-state index in [1.807, 2.05) is 31.2 Å². The summed E-state index contributed by atoms with van der Waals surface area (Å²) in [6.07, 6.45) is 0.374. The van der Waals surface area contributed by atoms with Gasteiger partial charge in [-0.2, -0.15) is 5.26 Å². The van der Waals surface area contributed by atoms with Crippen LogP contribution in [0, 0.1) is 18.3 Å². The minimum Gasteiger partial charge on any atom is -0.497 e. The maximum absolute atomic E-state index is 8.69. The maximum atomic E-state index is 8.69. The molecule has 4 heteroatoms. The molecule has 1 aromatic carbocycles. The van der Waals surface area contributed by atoms with Gasteiger partial charge < -0.3 is 4.74 Å². The van der Waals surface area contributed by atoms with Gasteiger partial charge in [-0.15, -0.1) is 11.3 Å². The molecule has 0 aliphatic carbocycles. The topological polar surface area (TPSA) is 45.9 Å². The minimum absolute atomic E-state index is 0.374. The summed E-state index contributed by atoms with van der Waals surface area (Å²) in [7, 11) is 1.65. The first-order valence-electron chi connectivity index (χ1n) is 5.22. The summed E-state index contributed by atoms with van der Waals surface area (Å²) in [5, 5.41) is 9.64. The van der Waals surface area contributed by atoms with Crippen molar-refractivity contribution in [1.82, 2.24) is 4.98 Å². The largest absolute Gasteiger partial charge is 0.497 e. The van der Waals surface area contributed by atoms with Crippen molar-refractivity contribution in [3.8, 4) is 22.4 Å². The van der Waals surface area contributed by atoms with Gasteiger partial charge in [-0.25, -0.2) is 4.98 Å². The Balaban J connectivity index is 2.33. The van der Waals surface area contributed by atoms with Crippen LogP contribution in [-0.4, -0.2) is 12.1 Å². The second-order valence-electron chi connectivity index (χ2n) is 3.59. The van der Waals surface area contributed by atoms with Crippen molar-refractivity contribution in [1.29, 1.82) is 5.26 Å². The van der Waals surface area contributed by atoms with Crippen LogP contribution in [0.25, 0.3) is 10.6 Å². The average molecular weight is 244 g/mol. The van der Waals surface area contributed by atoms with Crippen LogP contribution in [0.4, 0.5) is 0 Å². The molecular formula is C13H12N2OS. The standard InChI is InChI=1S/C13H12N2OS/c1-9-12(7-8-14)15-13(17-9)10-3-5-11(16-2)6-4-10/h3-6H,7H2,1-2H3. The van der Waals surface area contributed by atoms with E-state index in [0.717, 1.165) is 26.9 Å². The lowest BCUT2D eigenvalue weighted by Crippen LogP contribution is -1.85. The fraction of sp³-hybridized carbons (Fsp3) is 0.231. The number of aryl methyl sites for hydroxylation is 1. The number of benzene rings is 1. The highest BCUT2D eigenvalue weighted by Gasteiger charge is 2.08. The molecule has 0 spiro atoms. The highest BCUT2D eigenvalue weighted by atomic mass is 32.1. The predicted octanol–water partition coefficient (Wildman–Crippen LogP) is 3.19. The minimum atomic E-state index is 0.374. The zero-order valence-corrected chi connectivity index (χ0v) is 10.5. The smallest absolute Gasteiger partial charge is 0.123 e. The highest BCUT2D eigenvalue weighted by Crippen LogP contribution is 2.28. The van der Waals surface area contributed by atoms with Gasteiger partial charge >= 0.3 is 0 Å². The Hall–Kier alpha value is -1.86. The summed E-state index contributed by atoms with van der Waals surface area (Å²) in [5.74, 6) is 0.833. The molecule has 0 amide bonds. The molecule has 0 N–H and O–H groups in total. The lowest BCUT2D eigenvalue weighted by Gasteiger charge is -1.99. The van der Waals surface area contributed by atoms with Crippen molar-refractivity contribution < 1.29 is 4.74 Å². The predicted molar refractivity (Wildman–Crippen MR) is 68.2 cm³/mol. The van der Waals surface area contributed by atoms with Crippen LogP contribution in [0.3, 0.4) is 0 Å². The van der Waals surface area contributed by atoms with E-state index in [-0.39, 0.29) is 0 Å². The average Bonchev–Trinajstić information content (AvgIpc) is 2.72. The Kier molecular flexibility index (Phi) is 3.40. The number of nitrogens with zero attached hydrogens (tertiary/aromatic N) is 2. The van der Waals surface area contributed by atoms with Gasteiger partial charge in [0, 0.05) is 10.4 Å². The first kappa shape index (κ1) is 11.6. The second-order valence-corrected chi connectivity index (χ2v) is 4.79. The third-order valence-corrected chi connectivity index (χ3v) is 3.54. The van der Waals surface area contributed by atoms with Crippen LogP contribution in [-0.2, 0) is 6.42 Å². The molecular weight excluding hydrogens is 232 g/mol. The van der Waals surface area contributed by atoms with E-state index in [4.69, 9.17) is 10.00 Å². The fourth-order valence-corrected chi connectivity index (χ4v) is 2.46. The van der Waals surface area contributed by atoms with Gasteiger partial charge in [0.2, 0.25) is 0 Å².